The molecule has 1 aromatic heterocycles. The Bertz CT molecular complexity index is 846. The van der Waals surface area contributed by atoms with Crippen LogP contribution in [0.15, 0.2) is 38.0 Å². The van der Waals surface area contributed by atoms with Crippen LogP contribution < -0.4 is 0 Å². The zero-order valence-corrected chi connectivity index (χ0v) is 14.4. The molecule has 0 aliphatic heterocycles. The van der Waals surface area contributed by atoms with Crippen molar-refractivity contribution in [2.24, 2.45) is 4.36 Å². The van der Waals surface area contributed by atoms with Gasteiger partial charge >= 0.3 is 12.1 Å². The predicted octanol–water partition coefficient (Wildman–Crippen LogP) is 4.54. The van der Waals surface area contributed by atoms with E-state index in [-0.39, 0.29) is 11.9 Å². The quantitative estimate of drug-likeness (QED) is 0.792. The van der Waals surface area contributed by atoms with E-state index in [0.29, 0.717) is 10.5 Å². The van der Waals surface area contributed by atoms with Crippen LogP contribution in [0, 0.1) is 0 Å². The second kappa shape index (κ2) is 6.78. The first kappa shape index (κ1) is 17.9. The lowest BCUT2D eigenvalue weighted by Gasteiger charge is -2.19. The van der Waals surface area contributed by atoms with E-state index >= 15 is 0 Å². The Labute approximate surface area is 143 Å². The van der Waals surface area contributed by atoms with Gasteiger partial charge in [-0.1, -0.05) is 24.4 Å². The number of aromatic nitrogens is 2. The Morgan fingerprint density at radius 2 is 1.80 bits per heavy atom. The third-order valence-electron chi connectivity index (χ3n) is 4.14. The van der Waals surface area contributed by atoms with E-state index in [0.717, 1.165) is 25.7 Å². The Morgan fingerprint density at radius 1 is 1.16 bits per heavy atom. The topological polar surface area (TPSA) is 68.3 Å². The normalized spacial score (nSPS) is 18.7. The molecule has 9 heteroatoms. The van der Waals surface area contributed by atoms with Crippen LogP contribution in [0.5, 0.6) is 0 Å². The summed E-state index contributed by atoms with van der Waals surface area (Å²) in [5.74, 6) is -1.55. The van der Waals surface area contributed by atoms with Gasteiger partial charge in [-0.15, -0.1) is 0 Å². The molecule has 3 rings (SSSR count). The lowest BCUT2D eigenvalue weighted by molar-refractivity contribution is -0.159. The summed E-state index contributed by atoms with van der Waals surface area (Å²) in [7, 11) is -2.55. The van der Waals surface area contributed by atoms with Gasteiger partial charge < -0.3 is 4.52 Å². The lowest BCUT2D eigenvalue weighted by Crippen LogP contribution is -2.12. The van der Waals surface area contributed by atoms with Crippen LogP contribution in [0.4, 0.5) is 13.2 Å². The SMILES string of the molecule is CS(=O)(=NC1CCCCC1)c1ccc(-c2noc(C(F)(F)F)n2)cc1. The third-order valence-corrected chi connectivity index (χ3v) is 5.99. The summed E-state index contributed by atoms with van der Waals surface area (Å²) in [4.78, 5) is 3.88. The zero-order chi connectivity index (χ0) is 18.1. The molecular weight excluding hydrogens is 355 g/mol. The van der Waals surface area contributed by atoms with Crippen LogP contribution in [0.2, 0.25) is 0 Å². The molecule has 1 fully saturated rings. The minimum absolute atomic E-state index is 0.109. The maximum atomic E-state index is 12.9. The van der Waals surface area contributed by atoms with Crippen molar-refractivity contribution < 1.29 is 21.9 Å². The fourth-order valence-corrected chi connectivity index (χ4v) is 4.39. The molecule has 136 valence electrons. The molecule has 0 amide bonds. The molecular formula is C16H18F3N3O2S. The zero-order valence-electron chi connectivity index (χ0n) is 13.6. The van der Waals surface area contributed by atoms with E-state index in [1.165, 1.54) is 18.6 Å². The molecule has 1 atom stereocenters. The number of benzene rings is 1. The van der Waals surface area contributed by atoms with Gasteiger partial charge in [-0.25, -0.2) is 8.57 Å². The summed E-state index contributed by atoms with van der Waals surface area (Å²) >= 11 is 0. The van der Waals surface area contributed by atoms with Crippen molar-refractivity contribution in [3.05, 3.63) is 30.2 Å². The average Bonchev–Trinajstić information content (AvgIpc) is 3.06. The van der Waals surface area contributed by atoms with Crippen LogP contribution in [0.3, 0.4) is 0 Å². The monoisotopic (exact) mass is 373 g/mol. The molecule has 1 saturated carbocycles. The van der Waals surface area contributed by atoms with Crippen molar-refractivity contribution >= 4 is 9.73 Å². The standard InChI is InChI=1S/C16H18F3N3O2S/c1-25(23,22-12-5-3-2-4-6-12)13-9-7-11(8-10-13)14-20-15(24-21-14)16(17,18)19/h7-10,12H,2-6H2,1H3. The summed E-state index contributed by atoms with van der Waals surface area (Å²) in [6, 6.07) is 6.35. The third kappa shape index (κ3) is 4.20. The van der Waals surface area contributed by atoms with Crippen molar-refractivity contribution in [2.75, 3.05) is 6.26 Å². The largest absolute Gasteiger partial charge is 0.471 e. The van der Waals surface area contributed by atoms with Crippen molar-refractivity contribution in [3.63, 3.8) is 0 Å². The molecule has 25 heavy (non-hydrogen) atoms. The van der Waals surface area contributed by atoms with Gasteiger partial charge in [0.05, 0.1) is 15.8 Å². The minimum atomic E-state index is -4.68. The van der Waals surface area contributed by atoms with E-state index in [4.69, 9.17) is 0 Å². The van der Waals surface area contributed by atoms with Gasteiger partial charge in [0.15, 0.2) is 0 Å². The van der Waals surface area contributed by atoms with Crippen LogP contribution in [0.1, 0.15) is 38.0 Å². The summed E-state index contributed by atoms with van der Waals surface area (Å²) < 4.78 is 59.1. The van der Waals surface area contributed by atoms with Gasteiger partial charge in [0.2, 0.25) is 5.82 Å². The highest BCUT2D eigenvalue weighted by Gasteiger charge is 2.38. The number of rotatable bonds is 3. The molecule has 0 spiro atoms. The Balaban J connectivity index is 1.83. The van der Waals surface area contributed by atoms with Gasteiger partial charge in [0.25, 0.3) is 0 Å². The lowest BCUT2D eigenvalue weighted by atomic mass is 9.97. The van der Waals surface area contributed by atoms with Crippen LogP contribution in [-0.4, -0.2) is 26.6 Å². The smallest absolute Gasteiger partial charge is 0.329 e. The molecule has 1 aliphatic rings. The highest BCUT2D eigenvalue weighted by molar-refractivity contribution is 7.93. The van der Waals surface area contributed by atoms with Crippen molar-refractivity contribution in [1.29, 1.82) is 0 Å². The first-order chi connectivity index (χ1) is 11.8. The molecule has 0 N–H and O–H groups in total. The minimum Gasteiger partial charge on any atom is -0.329 e. The number of nitrogens with zero attached hydrogens (tertiary/aromatic N) is 3. The van der Waals surface area contributed by atoms with E-state index in [9.17, 15) is 17.4 Å². The Morgan fingerprint density at radius 3 is 2.36 bits per heavy atom. The van der Waals surface area contributed by atoms with Crippen molar-refractivity contribution in [1.82, 2.24) is 10.1 Å². The number of hydrogen-bond donors (Lipinski definition) is 0. The Kier molecular flexibility index (Phi) is 4.86. The first-order valence-electron chi connectivity index (χ1n) is 7.98. The fraction of sp³-hybridized carbons (Fsp3) is 0.500. The number of alkyl halides is 3. The average molecular weight is 373 g/mol. The highest BCUT2D eigenvalue weighted by atomic mass is 32.2. The molecule has 1 aliphatic carbocycles. The van der Waals surface area contributed by atoms with Crippen LogP contribution in [-0.2, 0) is 15.9 Å². The van der Waals surface area contributed by atoms with E-state index in [2.05, 4.69) is 19.0 Å². The predicted molar refractivity (Wildman–Crippen MR) is 86.4 cm³/mol. The second-order valence-corrected chi connectivity index (χ2v) is 8.43. The molecule has 0 bridgehead atoms. The summed E-state index contributed by atoms with van der Waals surface area (Å²) in [6.07, 6.45) is 2.20. The summed E-state index contributed by atoms with van der Waals surface area (Å²) in [6.45, 7) is 0. The van der Waals surface area contributed by atoms with Crippen molar-refractivity contribution in [2.45, 2.75) is 49.2 Å². The molecule has 1 unspecified atom stereocenters. The second-order valence-electron chi connectivity index (χ2n) is 6.15. The highest BCUT2D eigenvalue weighted by Crippen LogP contribution is 2.30. The van der Waals surface area contributed by atoms with E-state index in [1.54, 1.807) is 18.4 Å². The summed E-state index contributed by atoms with van der Waals surface area (Å²) in [5.41, 5.74) is 0.357. The van der Waals surface area contributed by atoms with Gasteiger partial charge in [-0.2, -0.15) is 18.2 Å². The maximum absolute atomic E-state index is 12.9. The summed E-state index contributed by atoms with van der Waals surface area (Å²) in [5, 5.41) is 3.34. The molecule has 5 nitrogen and oxygen atoms in total. The molecule has 0 saturated heterocycles. The van der Waals surface area contributed by atoms with Crippen LogP contribution >= 0.6 is 0 Å². The molecule has 1 aromatic carbocycles. The molecule has 2 aromatic rings. The van der Waals surface area contributed by atoms with Gasteiger partial charge in [-0.3, -0.25) is 0 Å². The fourth-order valence-electron chi connectivity index (χ4n) is 2.84. The van der Waals surface area contributed by atoms with Gasteiger partial charge in [-0.05, 0) is 37.1 Å². The van der Waals surface area contributed by atoms with Crippen molar-refractivity contribution in [3.8, 4) is 11.4 Å². The maximum Gasteiger partial charge on any atom is 0.471 e. The van der Waals surface area contributed by atoms with Crippen LogP contribution in [0.25, 0.3) is 11.4 Å². The van der Waals surface area contributed by atoms with E-state index in [1.807, 2.05) is 0 Å². The van der Waals surface area contributed by atoms with E-state index < -0.39 is 21.8 Å². The molecule has 0 radical (unpaired) electrons. The number of hydrogen-bond acceptors (Lipinski definition) is 5. The molecule has 1 heterocycles. The number of halogens is 3. The Hall–Kier alpha value is -1.90. The van der Waals surface area contributed by atoms with Gasteiger partial charge in [0.1, 0.15) is 0 Å². The first-order valence-corrected chi connectivity index (χ1v) is 9.91. The van der Waals surface area contributed by atoms with Gasteiger partial charge in [0, 0.05) is 16.7 Å².